The monoisotopic (exact) mass is 205 g/mol. The Balaban J connectivity index is 2.07. The van der Waals surface area contributed by atoms with Crippen LogP contribution >= 0.6 is 0 Å². The molecule has 0 saturated heterocycles. The molecule has 1 heterocycles. The molecular formula is C11H13N2O2. The Kier molecular flexibility index (Phi) is 2.85. The van der Waals surface area contributed by atoms with E-state index in [0.717, 1.165) is 12.8 Å². The number of amides is 1. The van der Waals surface area contributed by atoms with Gasteiger partial charge in [0.25, 0.3) is 5.91 Å². The van der Waals surface area contributed by atoms with Crippen molar-refractivity contribution in [1.29, 1.82) is 0 Å². The number of hydrogen-bond acceptors (Lipinski definition) is 3. The van der Waals surface area contributed by atoms with Crippen LogP contribution in [0, 0.1) is 6.07 Å². The van der Waals surface area contributed by atoms with Crippen LogP contribution in [0.25, 0.3) is 0 Å². The minimum Gasteiger partial charge on any atom is -0.474 e. The van der Waals surface area contributed by atoms with E-state index in [1.54, 1.807) is 12.1 Å². The van der Waals surface area contributed by atoms with Crippen molar-refractivity contribution in [2.45, 2.75) is 31.8 Å². The first-order valence-electron chi connectivity index (χ1n) is 5.11. The Hall–Kier alpha value is -1.58. The number of hydrogen-bond donors (Lipinski definition) is 1. The summed E-state index contributed by atoms with van der Waals surface area (Å²) in [5, 5.41) is 0. The minimum absolute atomic E-state index is 0.130. The van der Waals surface area contributed by atoms with E-state index in [1.165, 1.54) is 12.8 Å². The van der Waals surface area contributed by atoms with Crippen molar-refractivity contribution in [1.82, 2.24) is 4.98 Å². The molecule has 2 N–H and O–H groups in total. The predicted molar refractivity (Wildman–Crippen MR) is 54.5 cm³/mol. The average molecular weight is 205 g/mol. The van der Waals surface area contributed by atoms with E-state index >= 15 is 0 Å². The van der Waals surface area contributed by atoms with Gasteiger partial charge in [0, 0.05) is 12.1 Å². The predicted octanol–water partition coefficient (Wildman–Crippen LogP) is 1.30. The summed E-state index contributed by atoms with van der Waals surface area (Å²) in [6.45, 7) is 0. The smallest absolute Gasteiger partial charge is 0.268 e. The zero-order valence-corrected chi connectivity index (χ0v) is 8.40. The molecule has 0 aromatic carbocycles. The molecule has 1 aliphatic rings. The van der Waals surface area contributed by atoms with Crippen LogP contribution < -0.4 is 10.5 Å². The summed E-state index contributed by atoms with van der Waals surface area (Å²) in [5.41, 5.74) is 5.23. The summed E-state index contributed by atoms with van der Waals surface area (Å²) >= 11 is 0. The molecule has 0 unspecified atom stereocenters. The van der Waals surface area contributed by atoms with Crippen LogP contribution in [-0.4, -0.2) is 17.0 Å². The summed E-state index contributed by atoms with van der Waals surface area (Å²) < 4.78 is 5.63. The maximum Gasteiger partial charge on any atom is 0.268 e. The number of pyridine rings is 1. The van der Waals surface area contributed by atoms with Gasteiger partial charge >= 0.3 is 0 Å². The lowest BCUT2D eigenvalue weighted by molar-refractivity contribution is 0.0993. The van der Waals surface area contributed by atoms with Crippen molar-refractivity contribution in [3.8, 4) is 5.88 Å². The van der Waals surface area contributed by atoms with Gasteiger partial charge in [-0.2, -0.15) is 0 Å². The van der Waals surface area contributed by atoms with Crippen molar-refractivity contribution >= 4 is 5.91 Å². The molecule has 1 aliphatic carbocycles. The molecule has 0 spiro atoms. The Labute approximate surface area is 88.4 Å². The summed E-state index contributed by atoms with van der Waals surface area (Å²) in [6, 6.07) is 5.98. The van der Waals surface area contributed by atoms with Crippen LogP contribution in [-0.2, 0) is 0 Å². The van der Waals surface area contributed by atoms with E-state index < -0.39 is 5.91 Å². The first kappa shape index (κ1) is 9.96. The first-order chi connectivity index (χ1) is 7.25. The zero-order valence-electron chi connectivity index (χ0n) is 8.40. The van der Waals surface area contributed by atoms with Gasteiger partial charge in [-0.15, -0.1) is 0 Å². The Morgan fingerprint density at radius 2 is 2.27 bits per heavy atom. The highest BCUT2D eigenvalue weighted by Gasteiger charge is 2.17. The van der Waals surface area contributed by atoms with Gasteiger partial charge in [-0.1, -0.05) is 0 Å². The van der Waals surface area contributed by atoms with Crippen LogP contribution in [0.3, 0.4) is 0 Å². The SMILES string of the molecule is NC(=O)c1[c]ccc(OC2CCCC2)n1. The third kappa shape index (κ3) is 2.46. The Bertz CT molecular complexity index is 359. The van der Waals surface area contributed by atoms with Crippen molar-refractivity contribution in [2.24, 2.45) is 5.73 Å². The third-order valence-corrected chi connectivity index (χ3v) is 2.49. The topological polar surface area (TPSA) is 65.2 Å². The first-order valence-corrected chi connectivity index (χ1v) is 5.11. The fraction of sp³-hybridized carbons (Fsp3) is 0.455. The summed E-state index contributed by atoms with van der Waals surface area (Å²) in [4.78, 5) is 14.8. The normalized spacial score (nSPS) is 16.5. The van der Waals surface area contributed by atoms with Crippen molar-refractivity contribution in [3.63, 3.8) is 0 Å². The van der Waals surface area contributed by atoms with E-state index in [2.05, 4.69) is 11.1 Å². The van der Waals surface area contributed by atoms with E-state index in [9.17, 15) is 4.79 Å². The van der Waals surface area contributed by atoms with Crippen LogP contribution in [0.15, 0.2) is 12.1 Å². The second-order valence-corrected chi connectivity index (χ2v) is 3.66. The standard InChI is InChI=1S/C11H13N2O2/c12-11(14)9-6-3-7-10(13-9)15-8-4-1-2-5-8/h3,7-8H,1-2,4-5H2,(H2,12,14). The number of nitrogens with two attached hydrogens (primary N) is 1. The number of ether oxygens (including phenoxy) is 1. The molecule has 79 valence electrons. The van der Waals surface area contributed by atoms with Crippen molar-refractivity contribution < 1.29 is 9.53 Å². The second kappa shape index (κ2) is 4.29. The summed E-state index contributed by atoms with van der Waals surface area (Å²) in [5.74, 6) is -0.110. The molecule has 15 heavy (non-hydrogen) atoms. The fourth-order valence-electron chi connectivity index (χ4n) is 1.74. The molecular weight excluding hydrogens is 192 g/mol. The highest BCUT2D eigenvalue weighted by atomic mass is 16.5. The number of carbonyl (C=O) groups excluding carboxylic acids is 1. The number of primary amides is 1. The van der Waals surface area contributed by atoms with Crippen LogP contribution in [0.5, 0.6) is 5.88 Å². The van der Waals surface area contributed by atoms with Crippen LogP contribution in [0.1, 0.15) is 36.2 Å². The van der Waals surface area contributed by atoms with Gasteiger partial charge in [-0.3, -0.25) is 4.79 Å². The van der Waals surface area contributed by atoms with Gasteiger partial charge in [0.1, 0.15) is 11.8 Å². The molecule has 1 radical (unpaired) electrons. The number of rotatable bonds is 3. The van der Waals surface area contributed by atoms with Gasteiger partial charge in [0.15, 0.2) is 0 Å². The maximum absolute atomic E-state index is 10.9. The van der Waals surface area contributed by atoms with Crippen molar-refractivity contribution in [3.05, 3.63) is 23.9 Å². The van der Waals surface area contributed by atoms with Crippen LogP contribution in [0.2, 0.25) is 0 Å². The molecule has 0 atom stereocenters. The van der Waals surface area contributed by atoms with Gasteiger partial charge in [0.2, 0.25) is 5.88 Å². The van der Waals surface area contributed by atoms with E-state index in [-0.39, 0.29) is 11.8 Å². The molecule has 0 bridgehead atoms. The van der Waals surface area contributed by atoms with Gasteiger partial charge in [0.05, 0.1) is 0 Å². The highest BCUT2D eigenvalue weighted by molar-refractivity contribution is 5.90. The molecule has 4 heteroatoms. The Morgan fingerprint density at radius 3 is 2.93 bits per heavy atom. The van der Waals surface area contributed by atoms with Gasteiger partial charge < -0.3 is 10.5 Å². The highest BCUT2D eigenvalue weighted by Crippen LogP contribution is 2.22. The minimum atomic E-state index is -0.577. The largest absolute Gasteiger partial charge is 0.474 e. The lowest BCUT2D eigenvalue weighted by Gasteiger charge is -2.11. The number of nitrogens with zero attached hydrogens (tertiary/aromatic N) is 1. The molecule has 2 rings (SSSR count). The molecule has 1 saturated carbocycles. The van der Waals surface area contributed by atoms with Crippen molar-refractivity contribution in [2.75, 3.05) is 0 Å². The third-order valence-electron chi connectivity index (χ3n) is 2.49. The number of aromatic nitrogens is 1. The van der Waals surface area contributed by atoms with Gasteiger partial charge in [-0.25, -0.2) is 4.98 Å². The van der Waals surface area contributed by atoms with E-state index in [1.807, 2.05) is 0 Å². The molecule has 0 aliphatic heterocycles. The summed E-state index contributed by atoms with van der Waals surface area (Å²) in [7, 11) is 0. The van der Waals surface area contributed by atoms with Crippen LogP contribution in [0.4, 0.5) is 0 Å². The molecule has 1 fully saturated rings. The van der Waals surface area contributed by atoms with E-state index in [0.29, 0.717) is 5.88 Å². The quantitative estimate of drug-likeness (QED) is 0.808. The molecule has 1 aromatic rings. The number of carbonyl (C=O) groups is 1. The molecule has 1 amide bonds. The summed E-state index contributed by atoms with van der Waals surface area (Å²) in [6.07, 6.45) is 4.76. The molecule has 1 aromatic heterocycles. The average Bonchev–Trinajstić information content (AvgIpc) is 2.71. The van der Waals surface area contributed by atoms with E-state index in [4.69, 9.17) is 10.5 Å². The fourth-order valence-corrected chi connectivity index (χ4v) is 1.74. The Morgan fingerprint density at radius 1 is 1.53 bits per heavy atom. The molecule has 4 nitrogen and oxygen atoms in total. The maximum atomic E-state index is 10.9. The zero-order chi connectivity index (χ0) is 10.7. The lowest BCUT2D eigenvalue weighted by Crippen LogP contribution is -2.16. The second-order valence-electron chi connectivity index (χ2n) is 3.66. The van der Waals surface area contributed by atoms with Gasteiger partial charge in [-0.05, 0) is 31.7 Å². The lowest BCUT2D eigenvalue weighted by atomic mass is 10.3.